The van der Waals surface area contributed by atoms with Crippen molar-refractivity contribution in [3.05, 3.63) is 64.7 Å². The summed E-state index contributed by atoms with van der Waals surface area (Å²) in [6.07, 6.45) is 0. The van der Waals surface area contributed by atoms with Crippen molar-refractivity contribution >= 4 is 29.0 Å². The van der Waals surface area contributed by atoms with Crippen LogP contribution in [0.2, 0.25) is 5.02 Å². The number of hydrogen-bond acceptors (Lipinski definition) is 2. The van der Waals surface area contributed by atoms with Gasteiger partial charge in [0.05, 0.1) is 0 Å². The number of halogens is 1. The second-order valence-corrected chi connectivity index (χ2v) is 7.60. The zero-order valence-corrected chi connectivity index (χ0v) is 16.3. The monoisotopic (exact) mass is 387 g/mol. The Balaban J connectivity index is 1.42. The van der Waals surface area contributed by atoms with Crippen molar-refractivity contribution in [1.82, 2.24) is 0 Å². The molecule has 0 spiro atoms. The largest absolute Gasteiger partial charge is 0.322 e. The van der Waals surface area contributed by atoms with E-state index in [2.05, 4.69) is 17.4 Å². The van der Waals surface area contributed by atoms with E-state index in [4.69, 9.17) is 11.6 Å². The molecule has 0 aromatic heterocycles. The number of quaternary nitrogens is 2. The fourth-order valence-corrected chi connectivity index (χ4v) is 3.55. The van der Waals surface area contributed by atoms with Crippen LogP contribution in [0.4, 0.5) is 5.69 Å². The van der Waals surface area contributed by atoms with E-state index in [0.29, 0.717) is 12.1 Å². The molecule has 1 aliphatic heterocycles. The van der Waals surface area contributed by atoms with Gasteiger partial charge in [-0.1, -0.05) is 23.7 Å². The first kappa shape index (κ1) is 19.5. The van der Waals surface area contributed by atoms with Crippen LogP contribution in [0.25, 0.3) is 0 Å². The Morgan fingerprint density at radius 1 is 0.926 bits per heavy atom. The molecule has 0 aliphatic carbocycles. The molecule has 6 heteroatoms. The maximum atomic E-state index is 12.3. The number of hydrogen-bond donors (Lipinski definition) is 3. The summed E-state index contributed by atoms with van der Waals surface area (Å²) in [5, 5.41) is 3.69. The van der Waals surface area contributed by atoms with Crippen molar-refractivity contribution < 1.29 is 19.4 Å². The predicted molar refractivity (Wildman–Crippen MR) is 106 cm³/mol. The molecule has 0 radical (unpaired) electrons. The Morgan fingerprint density at radius 3 is 2.11 bits per heavy atom. The topological polar surface area (TPSA) is 55.0 Å². The normalized spacial score (nSPS) is 19.5. The lowest BCUT2D eigenvalue weighted by Gasteiger charge is -2.29. The molecule has 2 aromatic carbocycles. The van der Waals surface area contributed by atoms with Crippen molar-refractivity contribution in [1.29, 1.82) is 0 Å². The van der Waals surface area contributed by atoms with Crippen LogP contribution < -0.4 is 15.1 Å². The van der Waals surface area contributed by atoms with E-state index in [9.17, 15) is 9.59 Å². The highest BCUT2D eigenvalue weighted by Crippen LogP contribution is 2.10. The molecule has 0 atom stereocenters. The number of benzene rings is 2. The van der Waals surface area contributed by atoms with Crippen molar-refractivity contribution in [3.8, 4) is 0 Å². The summed E-state index contributed by atoms with van der Waals surface area (Å²) in [4.78, 5) is 26.4. The predicted octanol–water partition coefficient (Wildman–Crippen LogP) is 0.465. The second kappa shape index (κ2) is 9.13. The lowest BCUT2D eigenvalue weighted by molar-refractivity contribution is -1.02. The molecule has 1 aliphatic rings. The summed E-state index contributed by atoms with van der Waals surface area (Å²) in [6.45, 7) is 7.09. The third kappa shape index (κ3) is 5.89. The van der Waals surface area contributed by atoms with Gasteiger partial charge in [-0.3, -0.25) is 9.59 Å². The highest BCUT2D eigenvalue weighted by molar-refractivity contribution is 6.30. The quantitative estimate of drug-likeness (QED) is 0.631. The van der Waals surface area contributed by atoms with Gasteiger partial charge in [-0.15, -0.1) is 0 Å². The molecular weight excluding hydrogens is 362 g/mol. The lowest BCUT2D eigenvalue weighted by Crippen LogP contribution is -3.28. The summed E-state index contributed by atoms with van der Waals surface area (Å²) >= 11 is 5.94. The Labute approximate surface area is 164 Å². The standard InChI is InChI=1S/C21H24ClN3O2/c1-16(26)18-4-8-20(9-5-18)23-21(27)15-25-12-10-24(11-13-25)14-17-2-6-19(22)7-3-17/h2-9H,10-15H2,1H3,(H,23,27)/p+2. The van der Waals surface area contributed by atoms with Crippen molar-refractivity contribution in [2.45, 2.75) is 13.5 Å². The Bertz CT molecular complexity index is 782. The SMILES string of the molecule is CC(=O)c1ccc(NC(=O)C[NH+]2CC[NH+](Cc3ccc(Cl)cc3)CC2)cc1. The van der Waals surface area contributed by atoms with Crippen LogP contribution in [0.3, 0.4) is 0 Å². The second-order valence-electron chi connectivity index (χ2n) is 7.16. The molecule has 142 valence electrons. The molecule has 1 heterocycles. The van der Waals surface area contributed by atoms with E-state index in [0.717, 1.165) is 43.4 Å². The van der Waals surface area contributed by atoms with Gasteiger partial charge in [-0.2, -0.15) is 0 Å². The summed E-state index contributed by atoms with van der Waals surface area (Å²) in [6, 6.07) is 15.1. The molecule has 0 unspecified atom stereocenters. The van der Waals surface area contributed by atoms with E-state index in [1.165, 1.54) is 17.4 Å². The molecule has 1 saturated heterocycles. The number of carbonyl (C=O) groups is 2. The van der Waals surface area contributed by atoms with Gasteiger partial charge in [-0.05, 0) is 43.3 Å². The number of Topliss-reactive ketones (excluding diaryl/α,β-unsaturated/α-hetero) is 1. The number of amides is 1. The Kier molecular flexibility index (Phi) is 6.61. The minimum Gasteiger partial charge on any atom is -0.322 e. The van der Waals surface area contributed by atoms with E-state index >= 15 is 0 Å². The molecule has 27 heavy (non-hydrogen) atoms. The third-order valence-electron chi connectivity index (χ3n) is 5.02. The molecule has 3 N–H and O–H groups in total. The fourth-order valence-electron chi connectivity index (χ4n) is 3.42. The van der Waals surface area contributed by atoms with Gasteiger partial charge in [0, 0.05) is 21.8 Å². The lowest BCUT2D eigenvalue weighted by atomic mass is 10.1. The zero-order valence-electron chi connectivity index (χ0n) is 15.6. The summed E-state index contributed by atoms with van der Waals surface area (Å²) in [5.41, 5.74) is 2.68. The summed E-state index contributed by atoms with van der Waals surface area (Å²) in [7, 11) is 0. The molecule has 1 amide bonds. The number of anilines is 1. The molecule has 3 rings (SSSR count). The summed E-state index contributed by atoms with van der Waals surface area (Å²) in [5.74, 6) is 0.0398. The third-order valence-corrected chi connectivity index (χ3v) is 5.27. The van der Waals surface area contributed by atoms with Crippen molar-refractivity contribution in [2.24, 2.45) is 0 Å². The minimum absolute atomic E-state index is 0.0155. The van der Waals surface area contributed by atoms with Crippen molar-refractivity contribution in [3.63, 3.8) is 0 Å². The van der Waals surface area contributed by atoms with Crippen LogP contribution in [-0.2, 0) is 11.3 Å². The molecule has 0 saturated carbocycles. The van der Waals surface area contributed by atoms with Gasteiger partial charge in [0.25, 0.3) is 5.91 Å². The van der Waals surface area contributed by atoms with Crippen LogP contribution in [0.1, 0.15) is 22.8 Å². The maximum absolute atomic E-state index is 12.3. The molecule has 2 aromatic rings. The smallest absolute Gasteiger partial charge is 0.279 e. The molecular formula is C21H26ClN3O2+2. The molecule has 5 nitrogen and oxygen atoms in total. The number of nitrogens with one attached hydrogen (secondary N) is 3. The fraction of sp³-hybridized carbons (Fsp3) is 0.333. The molecule has 1 fully saturated rings. The first-order valence-corrected chi connectivity index (χ1v) is 9.70. The van der Waals surface area contributed by atoms with Crippen LogP contribution >= 0.6 is 11.6 Å². The zero-order chi connectivity index (χ0) is 19.2. The van der Waals surface area contributed by atoms with Crippen LogP contribution in [0.5, 0.6) is 0 Å². The number of ketones is 1. The molecule has 0 bridgehead atoms. The highest BCUT2D eigenvalue weighted by atomic mass is 35.5. The van der Waals surface area contributed by atoms with Gasteiger partial charge in [0.15, 0.2) is 12.3 Å². The maximum Gasteiger partial charge on any atom is 0.279 e. The van der Waals surface area contributed by atoms with Gasteiger partial charge in [-0.25, -0.2) is 0 Å². The average Bonchev–Trinajstić information content (AvgIpc) is 2.65. The van der Waals surface area contributed by atoms with Crippen LogP contribution in [-0.4, -0.2) is 44.4 Å². The Hall–Kier alpha value is -2.21. The number of piperazine rings is 1. The first-order valence-electron chi connectivity index (χ1n) is 9.32. The average molecular weight is 388 g/mol. The summed E-state index contributed by atoms with van der Waals surface area (Å²) < 4.78 is 0. The van der Waals surface area contributed by atoms with E-state index < -0.39 is 0 Å². The van der Waals surface area contributed by atoms with Gasteiger partial charge in [0.2, 0.25) is 0 Å². The van der Waals surface area contributed by atoms with Crippen LogP contribution in [0, 0.1) is 0 Å². The van der Waals surface area contributed by atoms with Gasteiger partial charge < -0.3 is 15.1 Å². The minimum atomic E-state index is 0.0155. The van der Waals surface area contributed by atoms with Gasteiger partial charge in [0.1, 0.15) is 32.7 Å². The van der Waals surface area contributed by atoms with E-state index in [1.807, 2.05) is 12.1 Å². The number of rotatable bonds is 6. The van der Waals surface area contributed by atoms with Gasteiger partial charge >= 0.3 is 0 Å². The first-order chi connectivity index (χ1) is 13.0. The van der Waals surface area contributed by atoms with E-state index in [-0.39, 0.29) is 11.7 Å². The highest BCUT2D eigenvalue weighted by Gasteiger charge is 2.24. The van der Waals surface area contributed by atoms with Crippen molar-refractivity contribution in [2.75, 3.05) is 38.0 Å². The van der Waals surface area contributed by atoms with Crippen LogP contribution in [0.15, 0.2) is 48.5 Å². The number of carbonyl (C=O) groups excluding carboxylic acids is 2. The van der Waals surface area contributed by atoms with E-state index in [1.54, 1.807) is 29.2 Å². The Morgan fingerprint density at radius 2 is 1.52 bits per heavy atom.